The number of nitrogen functional groups attached to an aromatic ring is 1. The Balaban J connectivity index is 1.07. The van der Waals surface area contributed by atoms with Gasteiger partial charge in [-0.25, -0.2) is 19.9 Å². The number of benzene rings is 10. The average Bonchev–Trinajstić information content (AvgIpc) is 3.76. The summed E-state index contributed by atoms with van der Waals surface area (Å²) in [5, 5.41) is 16.3. The highest BCUT2D eigenvalue weighted by Gasteiger charge is 2.26. The van der Waals surface area contributed by atoms with Crippen LogP contribution in [-0.4, -0.2) is 38.2 Å². The summed E-state index contributed by atoms with van der Waals surface area (Å²) in [6.45, 7) is 0. The van der Waals surface area contributed by atoms with Crippen LogP contribution in [0, 0.1) is 5.41 Å². The van der Waals surface area contributed by atoms with Crippen molar-refractivity contribution in [3.8, 4) is 51.0 Å². The van der Waals surface area contributed by atoms with Crippen LogP contribution in [0.2, 0.25) is 0 Å². The quantitative estimate of drug-likeness (QED) is 0.0683. The summed E-state index contributed by atoms with van der Waals surface area (Å²) in [5.74, 6) is 2.55. The molecule has 0 bridgehead atoms. The van der Waals surface area contributed by atoms with Gasteiger partial charge in [0.1, 0.15) is 5.84 Å². The van der Waals surface area contributed by atoms with Gasteiger partial charge < -0.3 is 15.2 Å². The molecule has 0 unspecified atom stereocenters. The van der Waals surface area contributed by atoms with Crippen LogP contribution in [0.15, 0.2) is 236 Å². The molecule has 0 aliphatic carbocycles. The number of amidine groups is 2. The van der Waals surface area contributed by atoms with Gasteiger partial charge >= 0.3 is 0 Å². The third-order valence-electron chi connectivity index (χ3n) is 13.1. The van der Waals surface area contributed by atoms with Gasteiger partial charge in [0, 0.05) is 68.1 Å². The lowest BCUT2D eigenvalue weighted by Crippen LogP contribution is -2.29. The number of rotatable bonds is 8. The van der Waals surface area contributed by atoms with Crippen molar-refractivity contribution in [2.75, 3.05) is 17.7 Å². The highest BCUT2D eigenvalue weighted by Crippen LogP contribution is 2.45. The maximum Gasteiger partial charge on any atom is 0.164 e. The molecule has 2 heterocycles. The zero-order valence-electron chi connectivity index (χ0n) is 38.2. The van der Waals surface area contributed by atoms with E-state index in [-0.39, 0.29) is 5.84 Å². The summed E-state index contributed by atoms with van der Waals surface area (Å²) in [7, 11) is 2.05. The molecular weight excluding hydrogens is 857 g/mol. The smallest absolute Gasteiger partial charge is 0.164 e. The van der Waals surface area contributed by atoms with Gasteiger partial charge in [0.05, 0.1) is 16.7 Å². The predicted octanol–water partition coefficient (Wildman–Crippen LogP) is 14.4. The molecule has 0 spiro atoms. The Bertz CT molecular complexity index is 3920. The first-order valence-electron chi connectivity index (χ1n) is 23.2. The third-order valence-corrected chi connectivity index (χ3v) is 13.1. The zero-order chi connectivity index (χ0) is 47.1. The number of nitrogens with one attached hydrogen (secondary N) is 1. The number of hydrogen-bond acceptors (Lipinski definition) is 5. The molecule has 70 heavy (non-hydrogen) atoms. The molecule has 0 radical (unpaired) electrons. The highest BCUT2D eigenvalue weighted by atomic mass is 15.2. The molecule has 3 N–H and O–H groups in total. The van der Waals surface area contributed by atoms with E-state index in [1.807, 2.05) is 116 Å². The van der Waals surface area contributed by atoms with E-state index in [9.17, 15) is 5.41 Å². The number of nitrogens with zero attached hydrogens (tertiary/aromatic N) is 6. The molecule has 332 valence electrons. The lowest BCUT2D eigenvalue weighted by Gasteiger charge is -2.27. The number of fused-ring (bicyclic) bond motifs is 6. The number of aromatic nitrogens is 4. The maximum atomic E-state index is 9.80. The largest absolute Gasteiger partial charge is 0.398 e. The maximum absolute atomic E-state index is 9.80. The van der Waals surface area contributed by atoms with Crippen molar-refractivity contribution in [3.63, 3.8) is 0 Å². The summed E-state index contributed by atoms with van der Waals surface area (Å²) in [6, 6.07) is 78.2. The summed E-state index contributed by atoms with van der Waals surface area (Å²) in [6.07, 6.45) is 0. The van der Waals surface area contributed by atoms with Gasteiger partial charge in [-0.1, -0.05) is 194 Å². The summed E-state index contributed by atoms with van der Waals surface area (Å²) in [4.78, 5) is 22.4. The van der Waals surface area contributed by atoms with Crippen LogP contribution < -0.4 is 10.6 Å². The third kappa shape index (κ3) is 7.41. The molecule has 2 aromatic heterocycles. The Morgan fingerprint density at radius 3 is 1.71 bits per heavy atom. The molecule has 0 amide bonds. The van der Waals surface area contributed by atoms with E-state index in [0.717, 1.165) is 93.7 Å². The second-order valence-electron chi connectivity index (χ2n) is 17.3. The van der Waals surface area contributed by atoms with Crippen molar-refractivity contribution >= 4 is 66.4 Å². The van der Waals surface area contributed by atoms with Gasteiger partial charge in [0.15, 0.2) is 23.3 Å². The number of para-hydroxylation sites is 2. The molecule has 0 atom stereocenters. The van der Waals surface area contributed by atoms with Crippen molar-refractivity contribution in [1.29, 1.82) is 5.41 Å². The van der Waals surface area contributed by atoms with Crippen LogP contribution in [0.4, 0.5) is 11.4 Å². The average molecular weight is 901 g/mol. The first-order chi connectivity index (χ1) is 34.5. The molecule has 12 rings (SSSR count). The number of aliphatic imine (C=N–C) groups is 1. The van der Waals surface area contributed by atoms with Crippen LogP contribution in [0.3, 0.4) is 0 Å². The Morgan fingerprint density at radius 1 is 0.471 bits per heavy atom. The minimum absolute atomic E-state index is 0.153. The molecule has 0 saturated heterocycles. The van der Waals surface area contributed by atoms with Crippen molar-refractivity contribution < 1.29 is 0 Å². The summed E-state index contributed by atoms with van der Waals surface area (Å²) in [5.41, 5.74) is 17.5. The van der Waals surface area contributed by atoms with E-state index in [1.54, 1.807) is 0 Å². The summed E-state index contributed by atoms with van der Waals surface area (Å²) < 4.78 is 2.32. The molecule has 0 fully saturated rings. The van der Waals surface area contributed by atoms with E-state index < -0.39 is 0 Å². The van der Waals surface area contributed by atoms with Gasteiger partial charge in [0.25, 0.3) is 0 Å². The number of hydrogen-bond donors (Lipinski definition) is 2. The van der Waals surface area contributed by atoms with Crippen LogP contribution in [0.1, 0.15) is 11.1 Å². The first kappa shape index (κ1) is 41.9. The molecule has 0 saturated carbocycles. The van der Waals surface area contributed by atoms with Crippen molar-refractivity contribution in [3.05, 3.63) is 242 Å². The Labute approximate surface area is 404 Å². The normalized spacial score (nSPS) is 11.7. The Morgan fingerprint density at radius 2 is 1.03 bits per heavy atom. The van der Waals surface area contributed by atoms with E-state index in [4.69, 9.17) is 25.7 Å². The molecule has 8 heteroatoms. The molecule has 12 aromatic rings. The highest BCUT2D eigenvalue weighted by molar-refractivity contribution is 6.25. The molecule has 8 nitrogen and oxygen atoms in total. The van der Waals surface area contributed by atoms with Crippen molar-refractivity contribution in [1.82, 2.24) is 19.5 Å². The van der Waals surface area contributed by atoms with Crippen LogP contribution >= 0.6 is 0 Å². The Hall–Kier alpha value is -9.53. The monoisotopic (exact) mass is 900 g/mol. The van der Waals surface area contributed by atoms with E-state index >= 15 is 0 Å². The van der Waals surface area contributed by atoms with Gasteiger partial charge in [-0.05, 0) is 57.9 Å². The lowest BCUT2D eigenvalue weighted by molar-refractivity contribution is 1.07. The van der Waals surface area contributed by atoms with Crippen LogP contribution in [0.25, 0.3) is 94.3 Å². The second kappa shape index (κ2) is 17.6. The van der Waals surface area contributed by atoms with Crippen LogP contribution in [-0.2, 0) is 0 Å². The number of nitrogens with two attached hydrogens (primary N) is 1. The fraction of sp³-hybridized carbons (Fsp3) is 0.0161. The van der Waals surface area contributed by atoms with E-state index in [2.05, 4.69) is 131 Å². The summed E-state index contributed by atoms with van der Waals surface area (Å²) >= 11 is 0. The Kier molecular flexibility index (Phi) is 10.5. The lowest BCUT2D eigenvalue weighted by atomic mass is 9.97. The van der Waals surface area contributed by atoms with Gasteiger partial charge in [-0.2, -0.15) is 0 Å². The van der Waals surface area contributed by atoms with E-state index in [0.29, 0.717) is 29.0 Å². The van der Waals surface area contributed by atoms with Crippen LogP contribution in [0.5, 0.6) is 0 Å². The first-order valence-corrected chi connectivity index (χ1v) is 23.2. The van der Waals surface area contributed by atoms with Gasteiger partial charge in [-0.3, -0.25) is 5.41 Å². The predicted molar refractivity (Wildman–Crippen MR) is 290 cm³/mol. The molecule has 0 aliphatic rings. The molecule has 0 aliphatic heterocycles. The fourth-order valence-corrected chi connectivity index (χ4v) is 9.74. The molecule has 10 aromatic carbocycles. The second-order valence-corrected chi connectivity index (χ2v) is 17.3. The molecular formula is C62H44N8. The minimum Gasteiger partial charge on any atom is -0.398 e. The van der Waals surface area contributed by atoms with Crippen molar-refractivity contribution in [2.24, 2.45) is 4.99 Å². The standard InChI is InChI=1S/C62H44N8/c1-69(62(44-23-9-4-10-24-44)65-58(64)53-29-17-28-47-46-25-12-11-18-40(46)34-37-48(47)53)56-51(49-26-13-15-30-54(49)63)38-39-52-50-27-14-16-31-55(50)70(57(52)56)45-35-32-43(33-36-45)61-67-59(41-19-5-2-6-20-41)66-60(68-61)42-21-7-3-8-22-42/h2-39,64H,63H2,1H3/b64-58?,65-62-. The fourth-order valence-electron chi connectivity index (χ4n) is 9.74. The minimum atomic E-state index is 0.153. The van der Waals surface area contributed by atoms with Gasteiger partial charge in [0.2, 0.25) is 0 Å². The number of anilines is 2. The zero-order valence-corrected chi connectivity index (χ0v) is 38.2. The van der Waals surface area contributed by atoms with Crippen molar-refractivity contribution in [2.45, 2.75) is 0 Å². The van der Waals surface area contributed by atoms with E-state index in [1.165, 1.54) is 0 Å². The topological polar surface area (TPSA) is 109 Å². The SMILES string of the molecule is CN(/C(=N\C(=N)c1cccc2c1ccc1ccccc12)c1ccccc1)c1c(-c2ccccc2N)ccc2c3ccccc3n(-c3ccc(-c4nc(-c5ccccc5)nc(-c5ccccc5)n4)cc3)c12. The van der Waals surface area contributed by atoms with Gasteiger partial charge in [-0.15, -0.1) is 0 Å².